The fourth-order valence-corrected chi connectivity index (χ4v) is 2.37. The van der Waals surface area contributed by atoms with Crippen LogP contribution in [-0.4, -0.2) is 70.6 Å². The summed E-state index contributed by atoms with van der Waals surface area (Å²) in [6.45, 7) is 5.62. The summed E-state index contributed by atoms with van der Waals surface area (Å²) in [6, 6.07) is -3.40. The summed E-state index contributed by atoms with van der Waals surface area (Å²) in [7, 11) is 0. The van der Waals surface area contributed by atoms with Gasteiger partial charge >= 0.3 is 94.6 Å². The molecule has 0 rings (SSSR count). The smallest absolute Gasteiger partial charge is 0.875 e. The number of hydrogen-bond acceptors (Lipinski definition) is 8. The number of carboxylic acid groups (broad SMARTS) is 3. The van der Waals surface area contributed by atoms with Gasteiger partial charge in [0.2, 0.25) is 0 Å². The molecule has 29 heavy (non-hydrogen) atoms. The molecule has 0 aromatic heterocycles. The van der Waals surface area contributed by atoms with Gasteiger partial charge in [-0.05, 0) is 27.2 Å². The predicted molar refractivity (Wildman–Crippen MR) is 87.3 cm³/mol. The van der Waals surface area contributed by atoms with E-state index in [1.165, 1.54) is 36.6 Å². The first kappa shape index (κ1) is 37.2. The fourth-order valence-electron chi connectivity index (χ4n) is 2.37. The van der Waals surface area contributed by atoms with Gasteiger partial charge in [-0.1, -0.05) is 19.4 Å². The van der Waals surface area contributed by atoms with Crippen molar-refractivity contribution < 1.29 is 123 Å². The van der Waals surface area contributed by atoms with Gasteiger partial charge in [-0.2, -0.15) is 0 Å². The normalized spacial score (nSPS) is 14.1. The number of aliphatic carboxylic acids is 3. The molecule has 0 aliphatic heterocycles. The van der Waals surface area contributed by atoms with Crippen LogP contribution in [0.15, 0.2) is 11.8 Å². The van der Waals surface area contributed by atoms with Crippen LogP contribution in [0.3, 0.4) is 0 Å². The van der Waals surface area contributed by atoms with Crippen LogP contribution in [0.5, 0.6) is 0 Å². The van der Waals surface area contributed by atoms with Gasteiger partial charge < -0.3 is 30.0 Å². The minimum Gasteiger partial charge on any atom is -0.875 e. The molecule has 3 unspecified atom stereocenters. The molecule has 0 aromatic carbocycles. The zero-order chi connectivity index (χ0) is 20.4. The minimum atomic E-state index is -1.44. The van der Waals surface area contributed by atoms with Gasteiger partial charge in [0.15, 0.2) is 0 Å². The summed E-state index contributed by atoms with van der Waals surface area (Å²) >= 11 is 0. The molecule has 0 spiro atoms. The quantitative estimate of drug-likeness (QED) is 0.218. The van der Waals surface area contributed by atoms with Gasteiger partial charge in [-0.25, -0.2) is 0 Å². The largest absolute Gasteiger partial charge is 1.00 e. The monoisotopic (exact) mass is 440 g/mol. The topological polar surface area (TPSA) is 147 Å². The number of allylic oxidation sites excluding steroid dienone is 1. The van der Waals surface area contributed by atoms with E-state index >= 15 is 0 Å². The molecular weight excluding hydrogens is 413 g/mol. The summed E-state index contributed by atoms with van der Waals surface area (Å²) in [6.07, 6.45) is 2.81. The van der Waals surface area contributed by atoms with Crippen molar-refractivity contribution in [1.82, 2.24) is 9.80 Å². The molecule has 0 radical (unpaired) electrons. The zero-order valence-corrected chi connectivity index (χ0v) is 24.6. The third-order valence-corrected chi connectivity index (χ3v) is 4.25. The number of hydrogen-bond donors (Lipinski definition) is 1. The van der Waals surface area contributed by atoms with E-state index in [2.05, 4.69) is 0 Å². The van der Waals surface area contributed by atoms with Crippen LogP contribution < -0.4 is 104 Å². The molecule has 0 saturated carbocycles. The molecule has 150 valence electrons. The SMILES string of the molecule is CCC/C=C(\[O-])CN(CCN(C(C)C(=O)[O-])C(C)C(=O)O)C(C)C(=O)[O-].[Na+].[Na+].[Na+]. The fraction of sp³-hybridized carbons (Fsp3) is 0.706. The molecule has 0 bridgehead atoms. The first-order valence-electron chi connectivity index (χ1n) is 8.53. The van der Waals surface area contributed by atoms with E-state index in [1.54, 1.807) is 0 Å². The summed E-state index contributed by atoms with van der Waals surface area (Å²) < 4.78 is 0. The van der Waals surface area contributed by atoms with E-state index in [0.29, 0.717) is 6.42 Å². The summed E-state index contributed by atoms with van der Waals surface area (Å²) in [5.74, 6) is -4.29. The molecule has 1 N–H and O–H groups in total. The van der Waals surface area contributed by atoms with Crippen molar-refractivity contribution >= 4 is 17.9 Å². The average molecular weight is 440 g/mol. The van der Waals surface area contributed by atoms with Gasteiger partial charge in [0, 0.05) is 31.7 Å². The number of nitrogens with zero attached hydrogens (tertiary/aromatic N) is 2. The van der Waals surface area contributed by atoms with Crippen LogP contribution >= 0.6 is 0 Å². The van der Waals surface area contributed by atoms with Crippen LogP contribution in [0, 0.1) is 0 Å². The predicted octanol–water partition coefficient (Wildman–Crippen LogP) is -11.6. The average Bonchev–Trinajstić information content (AvgIpc) is 2.57. The maximum Gasteiger partial charge on any atom is 1.00 e. The van der Waals surface area contributed by atoms with E-state index < -0.39 is 36.0 Å². The van der Waals surface area contributed by atoms with Crippen molar-refractivity contribution in [2.24, 2.45) is 0 Å². The molecular formula is C17H27N2Na3O7. The van der Waals surface area contributed by atoms with Crippen LogP contribution in [0.4, 0.5) is 0 Å². The van der Waals surface area contributed by atoms with Gasteiger partial charge in [0.1, 0.15) is 6.04 Å². The van der Waals surface area contributed by atoms with Crippen LogP contribution in [-0.2, 0) is 14.4 Å². The molecule has 9 nitrogen and oxygen atoms in total. The van der Waals surface area contributed by atoms with Gasteiger partial charge in [0.25, 0.3) is 0 Å². The van der Waals surface area contributed by atoms with Gasteiger partial charge in [-0.15, -0.1) is 5.76 Å². The van der Waals surface area contributed by atoms with E-state index in [-0.39, 0.29) is 114 Å². The van der Waals surface area contributed by atoms with E-state index in [9.17, 15) is 29.7 Å². The molecule has 0 heterocycles. The first-order valence-corrected chi connectivity index (χ1v) is 8.53. The van der Waals surface area contributed by atoms with Crippen molar-refractivity contribution in [3.8, 4) is 0 Å². The second-order valence-corrected chi connectivity index (χ2v) is 6.17. The van der Waals surface area contributed by atoms with Gasteiger partial charge in [-0.3, -0.25) is 14.6 Å². The molecule has 0 amide bonds. The number of carboxylic acids is 3. The van der Waals surface area contributed by atoms with E-state index in [4.69, 9.17) is 5.11 Å². The Morgan fingerprint density at radius 1 is 0.897 bits per heavy atom. The first-order chi connectivity index (χ1) is 12.0. The van der Waals surface area contributed by atoms with Crippen molar-refractivity contribution in [2.75, 3.05) is 19.6 Å². The molecule has 3 atom stereocenters. The van der Waals surface area contributed by atoms with E-state index in [0.717, 1.165) is 6.42 Å². The minimum absolute atomic E-state index is 0. The number of carbonyl (C=O) groups is 3. The zero-order valence-electron chi connectivity index (χ0n) is 18.6. The number of unbranched alkanes of at least 4 members (excludes halogenated alkanes) is 1. The Labute approximate surface area is 238 Å². The number of carbonyl (C=O) groups excluding carboxylic acids is 2. The Hall–Kier alpha value is 0.870. The second-order valence-electron chi connectivity index (χ2n) is 6.17. The standard InChI is InChI=1S/C17H30N2O7.3Na/c1-5-6-7-14(20)10-18(11(2)15(21)22)8-9-19(12(3)16(23)24)13(4)17(25)26;;;/h7,11-13,20H,5-6,8-10H2,1-4H3,(H,21,22)(H,23,24)(H,25,26);;;/q;3*+1/p-3/b14-7-;;;. The molecule has 0 saturated heterocycles. The number of rotatable bonds is 13. The third kappa shape index (κ3) is 14.5. The Morgan fingerprint density at radius 3 is 1.76 bits per heavy atom. The van der Waals surface area contributed by atoms with Crippen LogP contribution in [0.2, 0.25) is 0 Å². The maximum absolute atomic E-state index is 11.9. The second kappa shape index (κ2) is 19.5. The van der Waals surface area contributed by atoms with E-state index in [1.807, 2.05) is 6.92 Å². The van der Waals surface area contributed by atoms with Crippen LogP contribution in [0.25, 0.3) is 0 Å². The summed E-state index contributed by atoms with van der Waals surface area (Å²) in [5, 5.41) is 43.4. The van der Waals surface area contributed by atoms with Crippen molar-refractivity contribution in [3.63, 3.8) is 0 Å². The maximum atomic E-state index is 11.9. The molecule has 0 aliphatic rings. The van der Waals surface area contributed by atoms with Crippen LogP contribution in [0.1, 0.15) is 40.5 Å². The van der Waals surface area contributed by atoms with Crippen molar-refractivity contribution in [1.29, 1.82) is 0 Å². The van der Waals surface area contributed by atoms with Gasteiger partial charge in [0.05, 0.1) is 11.9 Å². The Bertz CT molecular complexity index is 515. The van der Waals surface area contributed by atoms with Crippen molar-refractivity contribution in [3.05, 3.63) is 11.8 Å². The summed E-state index contributed by atoms with van der Waals surface area (Å²) in [4.78, 5) is 36.0. The Kier molecular flexibility index (Phi) is 25.1. The molecule has 12 heteroatoms. The van der Waals surface area contributed by atoms with Crippen molar-refractivity contribution in [2.45, 2.75) is 58.7 Å². The molecule has 0 aliphatic carbocycles. The molecule has 0 aromatic rings. The molecule has 0 fully saturated rings. The Balaban J connectivity index is -0.00000104. The Morgan fingerprint density at radius 2 is 1.38 bits per heavy atom. The third-order valence-electron chi connectivity index (χ3n) is 4.25. The summed E-state index contributed by atoms with van der Waals surface area (Å²) in [5.41, 5.74) is 0.